The largest absolute Gasteiger partial charge is 0.368 e. The van der Waals surface area contributed by atoms with Crippen molar-refractivity contribution in [1.29, 1.82) is 0 Å². The van der Waals surface area contributed by atoms with Crippen LogP contribution in [-0.2, 0) is 21.4 Å². The highest BCUT2D eigenvalue weighted by Gasteiger charge is 2.24. The third-order valence-corrected chi connectivity index (χ3v) is 6.89. The zero-order valence-corrected chi connectivity index (χ0v) is 20.2. The maximum atomic E-state index is 13.1. The molecule has 0 aliphatic rings. The summed E-state index contributed by atoms with van der Waals surface area (Å²) in [4.78, 5) is 25.0. The number of nitrogens with two attached hydrogens (primary N) is 1. The molecule has 0 aromatic heterocycles. The van der Waals surface area contributed by atoms with Crippen molar-refractivity contribution < 1.29 is 18.0 Å². The maximum absolute atomic E-state index is 13.1. The summed E-state index contributed by atoms with van der Waals surface area (Å²) in [5.74, 6) is -1.20. The van der Waals surface area contributed by atoms with E-state index in [1.54, 1.807) is 56.3 Å². The summed E-state index contributed by atoms with van der Waals surface area (Å²) in [7, 11) is -3.72. The van der Waals surface area contributed by atoms with Crippen LogP contribution in [0.3, 0.4) is 0 Å². The fourth-order valence-electron chi connectivity index (χ4n) is 3.68. The van der Waals surface area contributed by atoms with E-state index in [0.29, 0.717) is 22.3 Å². The summed E-state index contributed by atoms with van der Waals surface area (Å²) in [6, 6.07) is 20.1. The van der Waals surface area contributed by atoms with Crippen molar-refractivity contribution in [3.63, 3.8) is 0 Å². The summed E-state index contributed by atoms with van der Waals surface area (Å²) in [6.45, 7) is 5.48. The first-order chi connectivity index (χ1) is 16.1. The SMILES string of the molecule is C.Cc1cccc(S(=O)(=O)NCc2ccccc2-c2ccccc2C(=O)N[C@H](C(N)=O)C(C)C)c1. The van der Waals surface area contributed by atoms with Gasteiger partial charge < -0.3 is 11.1 Å². The van der Waals surface area contributed by atoms with Gasteiger partial charge in [-0.05, 0) is 53.3 Å². The van der Waals surface area contributed by atoms with Crippen LogP contribution < -0.4 is 15.8 Å². The number of rotatable bonds is 9. The Balaban J connectivity index is 0.00000432. The van der Waals surface area contributed by atoms with Gasteiger partial charge in [-0.15, -0.1) is 0 Å². The highest BCUT2D eigenvalue weighted by Crippen LogP contribution is 2.28. The highest BCUT2D eigenvalue weighted by molar-refractivity contribution is 7.89. The predicted molar refractivity (Wildman–Crippen MR) is 139 cm³/mol. The summed E-state index contributed by atoms with van der Waals surface area (Å²) in [6.07, 6.45) is 0. The van der Waals surface area contributed by atoms with Gasteiger partial charge >= 0.3 is 0 Å². The van der Waals surface area contributed by atoms with Crippen molar-refractivity contribution in [2.75, 3.05) is 0 Å². The van der Waals surface area contributed by atoms with E-state index >= 15 is 0 Å². The first kappa shape index (κ1) is 27.8. The summed E-state index contributed by atoms with van der Waals surface area (Å²) >= 11 is 0. The molecule has 3 aromatic rings. The third-order valence-electron chi connectivity index (χ3n) is 5.49. The lowest BCUT2D eigenvalue weighted by Gasteiger charge is -2.20. The molecule has 3 aromatic carbocycles. The number of carbonyl (C=O) groups excluding carboxylic acids is 2. The number of hydrogen-bond donors (Lipinski definition) is 3. The molecule has 2 amide bonds. The fourth-order valence-corrected chi connectivity index (χ4v) is 4.79. The Morgan fingerprint density at radius 2 is 1.54 bits per heavy atom. The van der Waals surface area contributed by atoms with E-state index in [-0.39, 0.29) is 24.8 Å². The monoisotopic (exact) mass is 495 g/mol. The first-order valence-electron chi connectivity index (χ1n) is 10.9. The van der Waals surface area contributed by atoms with E-state index in [9.17, 15) is 18.0 Å². The molecule has 7 nitrogen and oxygen atoms in total. The van der Waals surface area contributed by atoms with Crippen molar-refractivity contribution >= 4 is 21.8 Å². The minimum Gasteiger partial charge on any atom is -0.368 e. The molecule has 186 valence electrons. The van der Waals surface area contributed by atoms with Crippen LogP contribution in [0.25, 0.3) is 11.1 Å². The normalized spacial score (nSPS) is 12.0. The minimum absolute atomic E-state index is 0. The number of amides is 2. The predicted octanol–water partition coefficient (Wildman–Crippen LogP) is 4.02. The molecule has 0 unspecified atom stereocenters. The van der Waals surface area contributed by atoms with Gasteiger partial charge in [0.1, 0.15) is 6.04 Å². The lowest BCUT2D eigenvalue weighted by Crippen LogP contribution is -2.47. The number of primary amides is 1. The van der Waals surface area contributed by atoms with Gasteiger partial charge in [0.05, 0.1) is 4.90 Å². The first-order valence-corrected chi connectivity index (χ1v) is 12.4. The van der Waals surface area contributed by atoms with Crippen molar-refractivity contribution in [2.24, 2.45) is 11.7 Å². The van der Waals surface area contributed by atoms with E-state index < -0.39 is 27.9 Å². The number of hydrogen-bond acceptors (Lipinski definition) is 4. The number of nitrogens with one attached hydrogen (secondary N) is 2. The minimum atomic E-state index is -3.72. The van der Waals surface area contributed by atoms with E-state index in [0.717, 1.165) is 5.56 Å². The Bertz CT molecular complexity index is 1300. The van der Waals surface area contributed by atoms with Gasteiger partial charge in [-0.3, -0.25) is 9.59 Å². The number of sulfonamides is 1. The smallest absolute Gasteiger partial charge is 0.252 e. The van der Waals surface area contributed by atoms with E-state index in [1.165, 1.54) is 0 Å². The summed E-state index contributed by atoms with van der Waals surface area (Å²) in [5, 5.41) is 2.72. The molecule has 0 radical (unpaired) electrons. The molecule has 0 aliphatic heterocycles. The van der Waals surface area contributed by atoms with Crippen LogP contribution >= 0.6 is 0 Å². The second-order valence-electron chi connectivity index (χ2n) is 8.44. The van der Waals surface area contributed by atoms with Gasteiger partial charge in [-0.1, -0.05) is 75.9 Å². The van der Waals surface area contributed by atoms with Crippen LogP contribution in [0.15, 0.2) is 77.7 Å². The van der Waals surface area contributed by atoms with Crippen molar-refractivity contribution in [3.05, 3.63) is 89.5 Å². The standard InChI is InChI=1S/C26H29N3O4S.CH4/c1-17(2)24(25(27)30)29-26(31)23-14-7-6-13-22(23)21-12-5-4-10-19(21)16-28-34(32,33)20-11-8-9-18(3)15-20;/h4-15,17,24,28H,16H2,1-3H3,(H2,27,30)(H,29,31);1H4/t24-;/m0./s1. The third kappa shape index (κ3) is 6.77. The molecule has 0 heterocycles. The second kappa shape index (κ2) is 11.8. The average Bonchev–Trinajstić information content (AvgIpc) is 2.81. The Kier molecular flexibility index (Phi) is 9.33. The van der Waals surface area contributed by atoms with Crippen molar-refractivity contribution in [1.82, 2.24) is 10.0 Å². The topological polar surface area (TPSA) is 118 Å². The molecule has 4 N–H and O–H groups in total. The quantitative estimate of drug-likeness (QED) is 0.415. The Morgan fingerprint density at radius 3 is 2.17 bits per heavy atom. The van der Waals surface area contributed by atoms with Crippen LogP contribution in [0.5, 0.6) is 0 Å². The molecule has 3 rings (SSSR count). The number of aryl methyl sites for hydroxylation is 1. The number of carbonyl (C=O) groups is 2. The van der Waals surface area contributed by atoms with Crippen molar-refractivity contribution in [3.8, 4) is 11.1 Å². The molecule has 0 bridgehead atoms. The highest BCUT2D eigenvalue weighted by atomic mass is 32.2. The van der Waals surface area contributed by atoms with Gasteiger partial charge in [0.2, 0.25) is 15.9 Å². The van der Waals surface area contributed by atoms with Crippen LogP contribution in [0, 0.1) is 12.8 Å². The Morgan fingerprint density at radius 1 is 0.914 bits per heavy atom. The maximum Gasteiger partial charge on any atom is 0.252 e. The van der Waals surface area contributed by atoms with E-state index in [4.69, 9.17) is 5.73 Å². The van der Waals surface area contributed by atoms with Gasteiger partial charge in [-0.2, -0.15) is 0 Å². The molecule has 0 saturated heterocycles. The van der Waals surface area contributed by atoms with Gasteiger partial charge in [0.25, 0.3) is 5.91 Å². The van der Waals surface area contributed by atoms with Gasteiger partial charge in [0, 0.05) is 12.1 Å². The van der Waals surface area contributed by atoms with Gasteiger partial charge in [-0.25, -0.2) is 13.1 Å². The summed E-state index contributed by atoms with van der Waals surface area (Å²) < 4.78 is 28.3. The van der Waals surface area contributed by atoms with Crippen LogP contribution in [0.2, 0.25) is 0 Å². The molecule has 0 spiro atoms. The molecule has 0 fully saturated rings. The Hall–Kier alpha value is -3.49. The number of benzene rings is 3. The van der Waals surface area contributed by atoms with Crippen molar-refractivity contribution in [2.45, 2.75) is 45.7 Å². The van der Waals surface area contributed by atoms with Crippen LogP contribution in [0.1, 0.15) is 42.8 Å². The average molecular weight is 496 g/mol. The Labute approximate surface area is 207 Å². The van der Waals surface area contributed by atoms with Crippen LogP contribution in [0.4, 0.5) is 0 Å². The molecular formula is C27H33N3O4S. The lowest BCUT2D eigenvalue weighted by atomic mass is 9.94. The zero-order valence-electron chi connectivity index (χ0n) is 19.4. The molecule has 8 heteroatoms. The molecular weight excluding hydrogens is 462 g/mol. The molecule has 35 heavy (non-hydrogen) atoms. The van der Waals surface area contributed by atoms with E-state index in [2.05, 4.69) is 10.0 Å². The van der Waals surface area contributed by atoms with Gasteiger partial charge in [0.15, 0.2) is 0 Å². The lowest BCUT2D eigenvalue weighted by molar-refractivity contribution is -0.120. The summed E-state index contributed by atoms with van der Waals surface area (Å²) in [5.41, 5.74) is 8.70. The van der Waals surface area contributed by atoms with Crippen LogP contribution in [-0.4, -0.2) is 26.3 Å². The second-order valence-corrected chi connectivity index (χ2v) is 10.2. The molecule has 0 saturated carbocycles. The molecule has 0 aliphatic carbocycles. The zero-order chi connectivity index (χ0) is 24.9. The fraction of sp³-hybridized carbons (Fsp3) is 0.259. The molecule has 1 atom stereocenters. The van der Waals surface area contributed by atoms with E-state index in [1.807, 2.05) is 37.3 Å².